The van der Waals surface area contributed by atoms with Gasteiger partial charge < -0.3 is 0 Å². The maximum atomic E-state index is 4.54. The number of thioether (sulfide) groups is 1. The van der Waals surface area contributed by atoms with Crippen molar-refractivity contribution in [1.82, 2.24) is 9.97 Å². The molecule has 18 heavy (non-hydrogen) atoms. The molecule has 0 aliphatic carbocycles. The number of hydrogen-bond donors (Lipinski definition) is 0. The second-order valence-electron chi connectivity index (χ2n) is 3.99. The summed E-state index contributed by atoms with van der Waals surface area (Å²) in [7, 11) is 0. The Balaban J connectivity index is 1.79. The summed E-state index contributed by atoms with van der Waals surface area (Å²) in [5.41, 5.74) is 2.29. The van der Waals surface area contributed by atoms with Crippen molar-refractivity contribution < 1.29 is 0 Å². The van der Waals surface area contributed by atoms with Gasteiger partial charge in [0.15, 0.2) is 5.16 Å². The Kier molecular flexibility index (Phi) is 3.24. The van der Waals surface area contributed by atoms with Crippen molar-refractivity contribution in [2.24, 2.45) is 0 Å². The molecule has 0 saturated carbocycles. The van der Waals surface area contributed by atoms with Crippen LogP contribution in [0.15, 0.2) is 66.0 Å². The highest BCUT2D eigenvalue weighted by Crippen LogP contribution is 2.20. The van der Waals surface area contributed by atoms with Crippen LogP contribution in [0.25, 0.3) is 10.9 Å². The Hall–Kier alpha value is -1.87. The van der Waals surface area contributed by atoms with E-state index in [9.17, 15) is 0 Å². The zero-order chi connectivity index (χ0) is 12.2. The predicted molar refractivity (Wildman–Crippen MR) is 75.5 cm³/mol. The van der Waals surface area contributed by atoms with Crippen molar-refractivity contribution in [3.63, 3.8) is 0 Å². The van der Waals surface area contributed by atoms with Gasteiger partial charge in [0.25, 0.3) is 0 Å². The minimum absolute atomic E-state index is 0.831. The molecular formula is C15H12N2S. The highest BCUT2D eigenvalue weighted by Gasteiger charge is 2.00. The molecular weight excluding hydrogens is 240 g/mol. The van der Waals surface area contributed by atoms with E-state index in [2.05, 4.69) is 34.2 Å². The van der Waals surface area contributed by atoms with Crippen molar-refractivity contribution in [2.75, 3.05) is 0 Å². The first-order chi connectivity index (χ1) is 8.92. The summed E-state index contributed by atoms with van der Waals surface area (Å²) in [6.45, 7) is 0. The quantitative estimate of drug-likeness (QED) is 0.522. The van der Waals surface area contributed by atoms with Crippen molar-refractivity contribution in [3.8, 4) is 0 Å². The summed E-state index contributed by atoms with van der Waals surface area (Å²) in [5, 5.41) is 1.92. The molecule has 2 nitrogen and oxygen atoms in total. The summed E-state index contributed by atoms with van der Waals surface area (Å²) in [6, 6.07) is 18.4. The lowest BCUT2D eigenvalue weighted by Crippen LogP contribution is -1.88. The van der Waals surface area contributed by atoms with Crippen molar-refractivity contribution >= 4 is 22.7 Å². The molecule has 0 aliphatic heterocycles. The van der Waals surface area contributed by atoms with E-state index in [1.54, 1.807) is 11.8 Å². The number of hydrogen-bond acceptors (Lipinski definition) is 3. The molecule has 1 heterocycles. The summed E-state index contributed by atoms with van der Waals surface area (Å²) < 4.78 is 0. The summed E-state index contributed by atoms with van der Waals surface area (Å²) >= 11 is 1.67. The minimum Gasteiger partial charge on any atom is -0.230 e. The van der Waals surface area contributed by atoms with Crippen LogP contribution in [0.3, 0.4) is 0 Å². The molecule has 1 aromatic heterocycles. The second-order valence-corrected chi connectivity index (χ2v) is 4.93. The maximum absolute atomic E-state index is 4.54. The van der Waals surface area contributed by atoms with Crippen molar-refractivity contribution in [1.29, 1.82) is 0 Å². The molecule has 0 spiro atoms. The maximum Gasteiger partial charge on any atom is 0.188 e. The minimum atomic E-state index is 0.831. The number of fused-ring (bicyclic) bond motifs is 1. The van der Waals surface area contributed by atoms with Crippen LogP contribution >= 0.6 is 11.8 Å². The van der Waals surface area contributed by atoms with E-state index in [4.69, 9.17) is 0 Å². The van der Waals surface area contributed by atoms with E-state index in [0.717, 1.165) is 21.8 Å². The van der Waals surface area contributed by atoms with Gasteiger partial charge in [-0.2, -0.15) is 0 Å². The van der Waals surface area contributed by atoms with Gasteiger partial charge in [-0.15, -0.1) is 0 Å². The molecule has 0 radical (unpaired) electrons. The van der Waals surface area contributed by atoms with Crippen LogP contribution in [0.5, 0.6) is 0 Å². The fourth-order valence-corrected chi connectivity index (χ4v) is 2.53. The third-order valence-electron chi connectivity index (χ3n) is 2.68. The lowest BCUT2D eigenvalue weighted by atomic mass is 10.2. The van der Waals surface area contributed by atoms with E-state index >= 15 is 0 Å². The molecule has 0 N–H and O–H groups in total. The van der Waals surface area contributed by atoms with Gasteiger partial charge in [-0.1, -0.05) is 60.3 Å². The number of aromatic nitrogens is 2. The van der Waals surface area contributed by atoms with Gasteiger partial charge in [-0.25, -0.2) is 9.97 Å². The molecule has 0 bridgehead atoms. The largest absolute Gasteiger partial charge is 0.230 e. The van der Waals surface area contributed by atoms with E-state index in [0.29, 0.717) is 0 Å². The topological polar surface area (TPSA) is 25.8 Å². The van der Waals surface area contributed by atoms with Gasteiger partial charge >= 0.3 is 0 Å². The Bertz CT molecular complexity index is 653. The van der Waals surface area contributed by atoms with Gasteiger partial charge in [-0.3, -0.25) is 0 Å². The molecule has 0 unspecified atom stereocenters. The number of nitrogens with zero attached hydrogens (tertiary/aromatic N) is 2. The third-order valence-corrected chi connectivity index (χ3v) is 3.61. The normalized spacial score (nSPS) is 10.7. The Morgan fingerprint density at radius 1 is 0.889 bits per heavy atom. The average Bonchev–Trinajstić information content (AvgIpc) is 2.46. The van der Waals surface area contributed by atoms with Gasteiger partial charge in [0.05, 0.1) is 5.52 Å². The van der Waals surface area contributed by atoms with Gasteiger partial charge in [0, 0.05) is 17.3 Å². The van der Waals surface area contributed by atoms with Crippen molar-refractivity contribution in [2.45, 2.75) is 10.9 Å². The number of para-hydroxylation sites is 1. The standard InChI is InChI=1S/C15H12N2S/c1-2-6-12(7-3-1)11-18-15-16-10-13-8-4-5-9-14(13)17-15/h1-10H,11H2. The van der Waals surface area contributed by atoms with Crippen LogP contribution in [-0.2, 0) is 5.75 Å². The van der Waals surface area contributed by atoms with Gasteiger partial charge in [0.1, 0.15) is 0 Å². The molecule has 0 atom stereocenters. The van der Waals surface area contributed by atoms with E-state index in [-0.39, 0.29) is 0 Å². The second kappa shape index (κ2) is 5.19. The molecule has 3 rings (SSSR count). The van der Waals surface area contributed by atoms with Crippen LogP contribution in [0.4, 0.5) is 0 Å². The van der Waals surface area contributed by atoms with Crippen LogP contribution in [0, 0.1) is 0 Å². The molecule has 0 aliphatic rings. The molecule has 2 aromatic carbocycles. The van der Waals surface area contributed by atoms with Crippen molar-refractivity contribution in [3.05, 3.63) is 66.4 Å². The highest BCUT2D eigenvalue weighted by molar-refractivity contribution is 7.98. The predicted octanol–water partition coefficient (Wildman–Crippen LogP) is 3.92. The fourth-order valence-electron chi connectivity index (χ4n) is 1.75. The monoisotopic (exact) mass is 252 g/mol. The summed E-state index contributed by atoms with van der Waals surface area (Å²) in [6.07, 6.45) is 1.88. The van der Waals surface area contributed by atoms with Crippen LogP contribution in [-0.4, -0.2) is 9.97 Å². The SMILES string of the molecule is c1ccc(CSc2ncc3ccccc3n2)cc1. The first kappa shape index (κ1) is 11.2. The van der Waals surface area contributed by atoms with E-state index in [1.807, 2.05) is 36.5 Å². The lowest BCUT2D eigenvalue weighted by molar-refractivity contribution is 1.00. The zero-order valence-corrected chi connectivity index (χ0v) is 10.6. The Morgan fingerprint density at radius 3 is 2.56 bits per heavy atom. The zero-order valence-electron chi connectivity index (χ0n) is 9.78. The summed E-state index contributed by atoms with van der Waals surface area (Å²) in [4.78, 5) is 8.92. The van der Waals surface area contributed by atoms with Crippen LogP contribution in [0.1, 0.15) is 5.56 Å². The Labute approximate surface area is 110 Å². The average molecular weight is 252 g/mol. The first-order valence-corrected chi connectivity index (χ1v) is 6.79. The van der Waals surface area contributed by atoms with Crippen LogP contribution < -0.4 is 0 Å². The molecule has 3 aromatic rings. The summed E-state index contributed by atoms with van der Waals surface area (Å²) in [5.74, 6) is 0.902. The molecule has 0 fully saturated rings. The van der Waals surface area contributed by atoms with Gasteiger partial charge in [0.2, 0.25) is 0 Å². The number of benzene rings is 2. The van der Waals surface area contributed by atoms with E-state index in [1.165, 1.54) is 5.56 Å². The highest BCUT2D eigenvalue weighted by atomic mass is 32.2. The smallest absolute Gasteiger partial charge is 0.188 e. The number of rotatable bonds is 3. The molecule has 3 heteroatoms. The van der Waals surface area contributed by atoms with E-state index < -0.39 is 0 Å². The first-order valence-electron chi connectivity index (χ1n) is 5.80. The molecule has 88 valence electrons. The third kappa shape index (κ3) is 2.51. The Morgan fingerprint density at radius 2 is 1.67 bits per heavy atom. The fraction of sp³-hybridized carbons (Fsp3) is 0.0667. The molecule has 0 amide bonds. The lowest BCUT2D eigenvalue weighted by Gasteiger charge is -2.02. The van der Waals surface area contributed by atoms with Crippen LogP contribution in [0.2, 0.25) is 0 Å². The molecule has 0 saturated heterocycles. The van der Waals surface area contributed by atoms with Gasteiger partial charge in [-0.05, 0) is 11.6 Å².